The SMILES string of the molecule is COc1cc(C(C)=NNC(N)=O)ccc1C. The van der Waals surface area contributed by atoms with E-state index in [1.54, 1.807) is 14.0 Å². The molecule has 1 rings (SSSR count). The summed E-state index contributed by atoms with van der Waals surface area (Å²) < 4.78 is 5.19. The van der Waals surface area contributed by atoms with Gasteiger partial charge in [-0.3, -0.25) is 0 Å². The Kier molecular flexibility index (Phi) is 3.88. The molecule has 5 heteroatoms. The quantitative estimate of drug-likeness (QED) is 0.597. The highest BCUT2D eigenvalue weighted by atomic mass is 16.5. The van der Waals surface area contributed by atoms with E-state index in [-0.39, 0.29) is 0 Å². The molecule has 0 radical (unpaired) electrons. The van der Waals surface area contributed by atoms with Crippen molar-refractivity contribution in [3.05, 3.63) is 29.3 Å². The second-order valence-corrected chi connectivity index (χ2v) is 3.36. The number of methoxy groups -OCH3 is 1. The van der Waals surface area contributed by atoms with Crippen LogP contribution >= 0.6 is 0 Å². The van der Waals surface area contributed by atoms with Crippen molar-refractivity contribution in [1.29, 1.82) is 0 Å². The predicted molar refractivity (Wildman–Crippen MR) is 62.7 cm³/mol. The lowest BCUT2D eigenvalue weighted by molar-refractivity contribution is 0.249. The third kappa shape index (κ3) is 2.98. The summed E-state index contributed by atoms with van der Waals surface area (Å²) in [5.41, 5.74) is 9.68. The number of urea groups is 1. The number of aryl methyl sites for hydroxylation is 1. The summed E-state index contributed by atoms with van der Waals surface area (Å²) in [6, 6.07) is 5.01. The number of carbonyl (C=O) groups excluding carboxylic acids is 1. The molecule has 0 bridgehead atoms. The Morgan fingerprint density at radius 3 is 2.75 bits per heavy atom. The van der Waals surface area contributed by atoms with Crippen LogP contribution in [0.25, 0.3) is 0 Å². The molecule has 5 nitrogen and oxygen atoms in total. The second-order valence-electron chi connectivity index (χ2n) is 3.36. The fourth-order valence-corrected chi connectivity index (χ4v) is 1.25. The minimum Gasteiger partial charge on any atom is -0.496 e. The highest BCUT2D eigenvalue weighted by molar-refractivity contribution is 5.99. The Hall–Kier alpha value is -2.04. The number of nitrogens with two attached hydrogens (primary N) is 1. The molecule has 0 aliphatic rings. The van der Waals surface area contributed by atoms with Gasteiger partial charge in [-0.1, -0.05) is 12.1 Å². The number of amides is 2. The normalized spacial score (nSPS) is 11.1. The Bertz CT molecular complexity index is 427. The van der Waals surface area contributed by atoms with Crippen LogP contribution in [-0.4, -0.2) is 18.9 Å². The number of ether oxygens (including phenoxy) is 1. The fraction of sp³-hybridized carbons (Fsp3) is 0.273. The molecule has 0 saturated heterocycles. The number of hydrogen-bond acceptors (Lipinski definition) is 3. The standard InChI is InChI=1S/C11H15N3O2/c1-7-4-5-9(6-10(7)16-3)8(2)13-14-11(12)15/h4-6H,1-3H3,(H3,12,14,15). The molecule has 0 saturated carbocycles. The molecule has 0 heterocycles. The number of benzene rings is 1. The largest absolute Gasteiger partial charge is 0.496 e. The number of nitrogens with one attached hydrogen (secondary N) is 1. The van der Waals surface area contributed by atoms with Gasteiger partial charge >= 0.3 is 6.03 Å². The van der Waals surface area contributed by atoms with E-state index in [0.717, 1.165) is 16.9 Å². The molecular formula is C11H15N3O2. The van der Waals surface area contributed by atoms with Gasteiger partial charge in [0.25, 0.3) is 0 Å². The van der Waals surface area contributed by atoms with Crippen LogP contribution in [0.15, 0.2) is 23.3 Å². The Labute approximate surface area is 94.3 Å². The summed E-state index contributed by atoms with van der Waals surface area (Å²) in [6.07, 6.45) is 0. The summed E-state index contributed by atoms with van der Waals surface area (Å²) in [5.74, 6) is 0.783. The maximum Gasteiger partial charge on any atom is 0.332 e. The van der Waals surface area contributed by atoms with Gasteiger partial charge in [-0.15, -0.1) is 0 Å². The molecule has 86 valence electrons. The van der Waals surface area contributed by atoms with Crippen LogP contribution in [0.2, 0.25) is 0 Å². The van der Waals surface area contributed by atoms with Crippen LogP contribution in [0.5, 0.6) is 5.75 Å². The second kappa shape index (κ2) is 5.16. The molecule has 0 spiro atoms. The Morgan fingerprint density at radius 1 is 1.50 bits per heavy atom. The smallest absolute Gasteiger partial charge is 0.332 e. The van der Waals surface area contributed by atoms with Gasteiger partial charge in [-0.25, -0.2) is 10.2 Å². The molecule has 0 aliphatic carbocycles. The van der Waals surface area contributed by atoms with Crippen molar-refractivity contribution < 1.29 is 9.53 Å². The van der Waals surface area contributed by atoms with E-state index < -0.39 is 6.03 Å². The minimum absolute atomic E-state index is 0.664. The zero-order valence-corrected chi connectivity index (χ0v) is 9.57. The lowest BCUT2D eigenvalue weighted by atomic mass is 10.1. The van der Waals surface area contributed by atoms with E-state index in [1.807, 2.05) is 25.1 Å². The van der Waals surface area contributed by atoms with Gasteiger partial charge in [-0.2, -0.15) is 5.10 Å². The third-order valence-corrected chi connectivity index (χ3v) is 2.16. The highest BCUT2D eigenvalue weighted by Gasteiger charge is 2.03. The number of hydrazone groups is 1. The molecule has 0 atom stereocenters. The van der Waals surface area contributed by atoms with Crippen LogP contribution in [0, 0.1) is 6.92 Å². The minimum atomic E-state index is -0.682. The summed E-state index contributed by atoms with van der Waals surface area (Å²) in [7, 11) is 1.61. The number of carbonyl (C=O) groups is 1. The molecule has 0 fully saturated rings. The van der Waals surface area contributed by atoms with Crippen molar-refractivity contribution in [2.45, 2.75) is 13.8 Å². The average molecular weight is 221 g/mol. The van der Waals surface area contributed by atoms with Gasteiger partial charge in [0, 0.05) is 5.56 Å². The highest BCUT2D eigenvalue weighted by Crippen LogP contribution is 2.19. The summed E-state index contributed by atoms with van der Waals surface area (Å²) in [6.45, 7) is 3.73. The predicted octanol–water partition coefficient (Wildman–Crippen LogP) is 1.40. The van der Waals surface area contributed by atoms with E-state index in [1.165, 1.54) is 0 Å². The van der Waals surface area contributed by atoms with E-state index in [2.05, 4.69) is 10.5 Å². The number of rotatable bonds is 3. The molecule has 0 unspecified atom stereocenters. The van der Waals surface area contributed by atoms with Crippen LogP contribution < -0.4 is 15.9 Å². The lowest BCUT2D eigenvalue weighted by Crippen LogP contribution is -2.25. The van der Waals surface area contributed by atoms with Gasteiger partial charge in [0.15, 0.2) is 0 Å². The summed E-state index contributed by atoms with van der Waals surface area (Å²) >= 11 is 0. The number of primary amides is 1. The zero-order chi connectivity index (χ0) is 12.1. The molecule has 0 aromatic heterocycles. The molecule has 2 amide bonds. The first-order chi connectivity index (χ1) is 7.54. The van der Waals surface area contributed by atoms with Crippen molar-refractivity contribution in [2.24, 2.45) is 10.8 Å². The first-order valence-electron chi connectivity index (χ1n) is 4.79. The lowest BCUT2D eigenvalue weighted by Gasteiger charge is -2.07. The average Bonchev–Trinajstić information content (AvgIpc) is 2.26. The Morgan fingerprint density at radius 2 is 2.19 bits per heavy atom. The van der Waals surface area contributed by atoms with E-state index in [0.29, 0.717) is 5.71 Å². The van der Waals surface area contributed by atoms with Crippen molar-refractivity contribution in [1.82, 2.24) is 5.43 Å². The van der Waals surface area contributed by atoms with Crippen LogP contribution in [0.1, 0.15) is 18.1 Å². The van der Waals surface area contributed by atoms with Gasteiger partial charge in [0.2, 0.25) is 0 Å². The van der Waals surface area contributed by atoms with E-state index in [9.17, 15) is 4.79 Å². The molecular weight excluding hydrogens is 206 g/mol. The van der Waals surface area contributed by atoms with Crippen molar-refractivity contribution >= 4 is 11.7 Å². The van der Waals surface area contributed by atoms with Gasteiger partial charge < -0.3 is 10.5 Å². The Balaban J connectivity index is 2.95. The monoisotopic (exact) mass is 221 g/mol. The van der Waals surface area contributed by atoms with Crippen molar-refractivity contribution in [3.8, 4) is 5.75 Å². The van der Waals surface area contributed by atoms with E-state index >= 15 is 0 Å². The molecule has 3 N–H and O–H groups in total. The van der Waals surface area contributed by atoms with Crippen LogP contribution in [0.3, 0.4) is 0 Å². The topological polar surface area (TPSA) is 76.7 Å². The molecule has 1 aromatic carbocycles. The fourth-order valence-electron chi connectivity index (χ4n) is 1.25. The van der Waals surface area contributed by atoms with E-state index in [4.69, 9.17) is 10.5 Å². The van der Waals surface area contributed by atoms with Crippen LogP contribution in [0.4, 0.5) is 4.79 Å². The van der Waals surface area contributed by atoms with Gasteiger partial charge in [0.1, 0.15) is 5.75 Å². The van der Waals surface area contributed by atoms with Gasteiger partial charge in [0.05, 0.1) is 12.8 Å². The number of nitrogens with zero attached hydrogens (tertiary/aromatic N) is 1. The first-order valence-corrected chi connectivity index (χ1v) is 4.79. The van der Waals surface area contributed by atoms with Crippen molar-refractivity contribution in [3.63, 3.8) is 0 Å². The summed E-state index contributed by atoms with van der Waals surface area (Å²) in [5, 5.41) is 3.84. The zero-order valence-electron chi connectivity index (χ0n) is 9.57. The molecule has 1 aromatic rings. The molecule has 0 aliphatic heterocycles. The maximum absolute atomic E-state index is 10.5. The maximum atomic E-state index is 10.5. The van der Waals surface area contributed by atoms with Crippen LogP contribution in [-0.2, 0) is 0 Å². The summed E-state index contributed by atoms with van der Waals surface area (Å²) in [4.78, 5) is 10.5. The number of hydrogen-bond donors (Lipinski definition) is 2. The van der Waals surface area contributed by atoms with Gasteiger partial charge in [-0.05, 0) is 25.5 Å². The van der Waals surface area contributed by atoms with Crippen molar-refractivity contribution in [2.75, 3.05) is 7.11 Å². The first kappa shape index (κ1) is 12.0. The third-order valence-electron chi connectivity index (χ3n) is 2.16. The molecule has 16 heavy (non-hydrogen) atoms.